The Morgan fingerprint density at radius 2 is 1.90 bits per heavy atom. The highest BCUT2D eigenvalue weighted by molar-refractivity contribution is 9.10. The zero-order valence-electron chi connectivity index (χ0n) is 12.4. The van der Waals surface area contributed by atoms with E-state index in [1.54, 1.807) is 0 Å². The van der Waals surface area contributed by atoms with E-state index < -0.39 is 0 Å². The van der Waals surface area contributed by atoms with Crippen molar-refractivity contribution in [1.29, 1.82) is 0 Å². The molecule has 4 nitrogen and oxygen atoms in total. The van der Waals surface area contributed by atoms with Crippen LogP contribution in [0.4, 0.5) is 0 Å². The Labute approximate surface area is 129 Å². The van der Waals surface area contributed by atoms with Gasteiger partial charge in [0.2, 0.25) is 5.91 Å². The summed E-state index contributed by atoms with van der Waals surface area (Å²) in [5.41, 5.74) is 0.791. The first kappa shape index (κ1) is 15.4. The quantitative estimate of drug-likeness (QED) is 0.830. The highest BCUT2D eigenvalue weighted by Crippen LogP contribution is 2.19. The van der Waals surface area contributed by atoms with Crippen molar-refractivity contribution in [2.75, 3.05) is 26.2 Å². The second kappa shape index (κ2) is 6.22. The Morgan fingerprint density at radius 3 is 2.40 bits per heavy atom. The molecule has 0 radical (unpaired) electrons. The van der Waals surface area contributed by atoms with E-state index in [9.17, 15) is 4.79 Å². The van der Waals surface area contributed by atoms with E-state index in [1.807, 2.05) is 44.0 Å². The maximum atomic E-state index is 12.2. The van der Waals surface area contributed by atoms with Gasteiger partial charge in [-0.2, -0.15) is 0 Å². The third kappa shape index (κ3) is 4.03. The lowest BCUT2D eigenvalue weighted by atomic mass is 9.94. The summed E-state index contributed by atoms with van der Waals surface area (Å²) < 4.78 is 1.00. The molecular formula is C15H22BrN3O. The van der Waals surface area contributed by atoms with Crippen molar-refractivity contribution in [3.05, 3.63) is 28.5 Å². The molecule has 0 atom stereocenters. The molecule has 1 amide bonds. The van der Waals surface area contributed by atoms with Gasteiger partial charge in [0.25, 0.3) is 0 Å². The van der Waals surface area contributed by atoms with Crippen molar-refractivity contribution in [2.24, 2.45) is 5.41 Å². The minimum absolute atomic E-state index is 0.249. The predicted octanol–water partition coefficient (Wildman–Crippen LogP) is 2.53. The molecule has 110 valence electrons. The van der Waals surface area contributed by atoms with E-state index in [4.69, 9.17) is 0 Å². The van der Waals surface area contributed by atoms with Crippen LogP contribution in [-0.2, 0) is 11.3 Å². The second-order valence-corrected chi connectivity index (χ2v) is 7.20. The summed E-state index contributed by atoms with van der Waals surface area (Å²) in [5.74, 6) is 0.249. The fourth-order valence-electron chi connectivity index (χ4n) is 2.31. The molecule has 0 saturated carbocycles. The van der Waals surface area contributed by atoms with Crippen LogP contribution in [0.1, 0.15) is 26.5 Å². The van der Waals surface area contributed by atoms with Gasteiger partial charge in [0.05, 0.1) is 5.69 Å². The minimum atomic E-state index is -0.282. The monoisotopic (exact) mass is 339 g/mol. The fraction of sp³-hybridized carbons (Fsp3) is 0.600. The van der Waals surface area contributed by atoms with Gasteiger partial charge in [0.1, 0.15) is 0 Å². The van der Waals surface area contributed by atoms with Crippen LogP contribution in [0.3, 0.4) is 0 Å². The Kier molecular flexibility index (Phi) is 4.81. The highest BCUT2D eigenvalue weighted by Gasteiger charge is 2.29. The van der Waals surface area contributed by atoms with Crippen LogP contribution in [0, 0.1) is 5.41 Å². The zero-order chi connectivity index (χ0) is 14.8. The molecule has 0 aliphatic carbocycles. The summed E-state index contributed by atoms with van der Waals surface area (Å²) >= 11 is 3.39. The van der Waals surface area contributed by atoms with E-state index in [2.05, 4.69) is 25.8 Å². The van der Waals surface area contributed by atoms with Gasteiger partial charge in [-0.3, -0.25) is 14.7 Å². The summed E-state index contributed by atoms with van der Waals surface area (Å²) in [6.07, 6.45) is 1.83. The molecule has 1 aliphatic rings. The number of halogens is 1. The van der Waals surface area contributed by atoms with Gasteiger partial charge in [-0.15, -0.1) is 0 Å². The van der Waals surface area contributed by atoms with Crippen LogP contribution in [-0.4, -0.2) is 46.9 Å². The first-order valence-corrected chi connectivity index (χ1v) is 7.78. The normalized spacial score (nSPS) is 17.3. The van der Waals surface area contributed by atoms with Gasteiger partial charge in [-0.05, 0) is 28.1 Å². The minimum Gasteiger partial charge on any atom is -0.340 e. The Bertz CT molecular complexity index is 459. The topological polar surface area (TPSA) is 36.4 Å². The van der Waals surface area contributed by atoms with Crippen molar-refractivity contribution in [3.8, 4) is 0 Å². The van der Waals surface area contributed by atoms with Gasteiger partial charge in [0.15, 0.2) is 0 Å². The van der Waals surface area contributed by atoms with E-state index >= 15 is 0 Å². The summed E-state index contributed by atoms with van der Waals surface area (Å²) in [5, 5.41) is 0. The Balaban J connectivity index is 1.85. The first-order chi connectivity index (χ1) is 9.36. The van der Waals surface area contributed by atoms with Crippen molar-refractivity contribution in [3.63, 3.8) is 0 Å². The Morgan fingerprint density at radius 1 is 1.25 bits per heavy atom. The summed E-state index contributed by atoms with van der Waals surface area (Å²) in [7, 11) is 0. The number of carbonyl (C=O) groups excluding carboxylic acids is 1. The lowest BCUT2D eigenvalue weighted by Crippen LogP contribution is -2.51. The molecule has 1 aromatic heterocycles. The van der Waals surface area contributed by atoms with Crippen LogP contribution in [0.25, 0.3) is 0 Å². The van der Waals surface area contributed by atoms with Gasteiger partial charge in [-0.1, -0.05) is 20.8 Å². The van der Waals surface area contributed by atoms with Crippen molar-refractivity contribution in [1.82, 2.24) is 14.8 Å². The number of pyridine rings is 1. The molecule has 0 N–H and O–H groups in total. The van der Waals surface area contributed by atoms with Gasteiger partial charge in [0, 0.05) is 48.8 Å². The SMILES string of the molecule is CC(C)(C)C(=O)N1CCN(Cc2ccc(Br)cn2)CC1. The van der Waals surface area contributed by atoms with Crippen LogP contribution in [0.2, 0.25) is 0 Å². The summed E-state index contributed by atoms with van der Waals surface area (Å²) in [6.45, 7) is 10.2. The van der Waals surface area contributed by atoms with E-state index in [0.29, 0.717) is 0 Å². The standard InChI is InChI=1S/C15H22BrN3O/c1-15(2,3)14(20)19-8-6-18(7-9-19)11-13-5-4-12(16)10-17-13/h4-5,10H,6-9,11H2,1-3H3. The molecule has 0 bridgehead atoms. The van der Waals surface area contributed by atoms with Gasteiger partial charge >= 0.3 is 0 Å². The molecule has 0 unspecified atom stereocenters. The first-order valence-electron chi connectivity index (χ1n) is 6.98. The molecule has 1 saturated heterocycles. The van der Waals surface area contributed by atoms with Gasteiger partial charge in [-0.25, -0.2) is 0 Å². The van der Waals surface area contributed by atoms with Crippen molar-refractivity contribution < 1.29 is 4.79 Å². The molecule has 0 spiro atoms. The van der Waals surface area contributed by atoms with Gasteiger partial charge < -0.3 is 4.90 Å². The lowest BCUT2D eigenvalue weighted by Gasteiger charge is -2.37. The van der Waals surface area contributed by atoms with Crippen molar-refractivity contribution >= 4 is 21.8 Å². The molecule has 2 heterocycles. The Hall–Kier alpha value is -0.940. The number of rotatable bonds is 2. The van der Waals surface area contributed by atoms with Crippen LogP contribution >= 0.6 is 15.9 Å². The third-order valence-electron chi connectivity index (χ3n) is 3.48. The number of aromatic nitrogens is 1. The average molecular weight is 340 g/mol. The molecule has 20 heavy (non-hydrogen) atoms. The maximum Gasteiger partial charge on any atom is 0.228 e. The summed E-state index contributed by atoms with van der Waals surface area (Å²) in [4.78, 5) is 20.9. The zero-order valence-corrected chi connectivity index (χ0v) is 14.0. The number of piperazine rings is 1. The number of amides is 1. The van der Waals surface area contributed by atoms with E-state index in [1.165, 1.54) is 0 Å². The average Bonchev–Trinajstić information content (AvgIpc) is 2.40. The molecule has 1 fully saturated rings. The lowest BCUT2D eigenvalue weighted by molar-refractivity contribution is -0.141. The molecule has 5 heteroatoms. The number of hydrogen-bond acceptors (Lipinski definition) is 3. The maximum absolute atomic E-state index is 12.2. The predicted molar refractivity (Wildman–Crippen MR) is 83.2 cm³/mol. The fourth-order valence-corrected chi connectivity index (χ4v) is 2.55. The third-order valence-corrected chi connectivity index (χ3v) is 3.94. The smallest absolute Gasteiger partial charge is 0.228 e. The van der Waals surface area contributed by atoms with Crippen LogP contribution < -0.4 is 0 Å². The van der Waals surface area contributed by atoms with Crippen LogP contribution in [0.15, 0.2) is 22.8 Å². The molecule has 1 aromatic rings. The molecule has 1 aliphatic heterocycles. The number of hydrogen-bond donors (Lipinski definition) is 0. The molecular weight excluding hydrogens is 318 g/mol. The number of nitrogens with zero attached hydrogens (tertiary/aromatic N) is 3. The summed E-state index contributed by atoms with van der Waals surface area (Å²) in [6, 6.07) is 4.05. The molecule has 0 aromatic carbocycles. The van der Waals surface area contributed by atoms with Crippen LogP contribution in [0.5, 0.6) is 0 Å². The van der Waals surface area contributed by atoms with Crippen molar-refractivity contribution in [2.45, 2.75) is 27.3 Å². The second-order valence-electron chi connectivity index (χ2n) is 6.29. The van der Waals surface area contributed by atoms with E-state index in [-0.39, 0.29) is 11.3 Å². The molecule has 2 rings (SSSR count). The number of carbonyl (C=O) groups is 1. The van der Waals surface area contributed by atoms with E-state index in [0.717, 1.165) is 42.9 Å². The highest BCUT2D eigenvalue weighted by atomic mass is 79.9. The largest absolute Gasteiger partial charge is 0.340 e.